The Morgan fingerprint density at radius 2 is 2.03 bits per heavy atom. The Bertz CT molecular complexity index is 845. The van der Waals surface area contributed by atoms with Gasteiger partial charge in [-0.1, -0.05) is 24.6 Å². The van der Waals surface area contributed by atoms with Crippen LogP contribution in [-0.4, -0.2) is 37.7 Å². The summed E-state index contributed by atoms with van der Waals surface area (Å²) in [4.78, 5) is 12.4. The van der Waals surface area contributed by atoms with Gasteiger partial charge in [0.05, 0.1) is 13.2 Å². The van der Waals surface area contributed by atoms with E-state index in [2.05, 4.69) is 22.0 Å². The van der Waals surface area contributed by atoms with Gasteiger partial charge < -0.3 is 20.7 Å². The number of carbonyl (C=O) groups excluding carboxylic acids is 1. The summed E-state index contributed by atoms with van der Waals surface area (Å²) in [5, 5.41) is 10.2. The van der Waals surface area contributed by atoms with E-state index >= 15 is 0 Å². The van der Waals surface area contributed by atoms with E-state index in [4.69, 9.17) is 4.74 Å². The maximum Gasteiger partial charge on any atom is 0.255 e. The maximum absolute atomic E-state index is 13.3. The zero-order valence-electron chi connectivity index (χ0n) is 16.9. The van der Waals surface area contributed by atoms with Crippen molar-refractivity contribution >= 4 is 24.0 Å². The first-order valence-electron chi connectivity index (χ1n) is 10.4. The molecule has 1 amide bonds. The molecule has 3 N–H and O–H groups in total. The summed E-state index contributed by atoms with van der Waals surface area (Å²) in [7, 11) is 0. The van der Waals surface area contributed by atoms with Crippen molar-refractivity contribution in [1.82, 2.24) is 10.6 Å². The largest absolute Gasteiger partial charge is 0.379 e. The van der Waals surface area contributed by atoms with Crippen LogP contribution < -0.4 is 16.0 Å². The lowest BCUT2D eigenvalue weighted by Gasteiger charge is -2.33. The van der Waals surface area contributed by atoms with Gasteiger partial charge in [0.15, 0.2) is 0 Å². The van der Waals surface area contributed by atoms with E-state index in [0.717, 1.165) is 31.9 Å². The SMILES string of the molecule is Cl.O=C(Nc1cccc(CNC2CCCC2C2COCCN2)c1)c1cccc(F)c1. The van der Waals surface area contributed by atoms with Gasteiger partial charge in [0.25, 0.3) is 5.91 Å². The normalized spacial score (nSPS) is 23.6. The Morgan fingerprint density at radius 1 is 1.17 bits per heavy atom. The molecule has 2 aromatic rings. The summed E-state index contributed by atoms with van der Waals surface area (Å²) in [6, 6.07) is 14.4. The number of morpholine rings is 1. The van der Waals surface area contributed by atoms with Gasteiger partial charge in [-0.3, -0.25) is 4.79 Å². The zero-order valence-corrected chi connectivity index (χ0v) is 17.7. The molecular weight excluding hydrogens is 405 g/mol. The highest BCUT2D eigenvalue weighted by atomic mass is 35.5. The molecule has 1 aliphatic heterocycles. The predicted octanol–water partition coefficient (Wildman–Crippen LogP) is 3.75. The minimum atomic E-state index is -0.417. The number of benzene rings is 2. The summed E-state index contributed by atoms with van der Waals surface area (Å²) < 4.78 is 19.0. The molecule has 0 spiro atoms. The fraction of sp³-hybridized carbons (Fsp3) is 0.435. The second-order valence-corrected chi connectivity index (χ2v) is 7.88. The van der Waals surface area contributed by atoms with Gasteiger partial charge in [-0.05, 0) is 54.7 Å². The topological polar surface area (TPSA) is 62.4 Å². The molecule has 0 radical (unpaired) electrons. The van der Waals surface area contributed by atoms with Crippen LogP contribution in [0.25, 0.3) is 0 Å². The van der Waals surface area contributed by atoms with Crippen LogP contribution >= 0.6 is 12.4 Å². The van der Waals surface area contributed by atoms with Crippen molar-refractivity contribution in [3.63, 3.8) is 0 Å². The van der Waals surface area contributed by atoms with Gasteiger partial charge in [0, 0.05) is 36.4 Å². The molecule has 1 saturated heterocycles. The fourth-order valence-corrected chi connectivity index (χ4v) is 4.43. The highest BCUT2D eigenvalue weighted by Gasteiger charge is 2.34. The molecule has 4 rings (SSSR count). The van der Waals surface area contributed by atoms with E-state index in [1.807, 2.05) is 18.2 Å². The van der Waals surface area contributed by atoms with Crippen LogP contribution in [0.1, 0.15) is 35.2 Å². The van der Waals surface area contributed by atoms with Crippen LogP contribution in [0, 0.1) is 11.7 Å². The van der Waals surface area contributed by atoms with Crippen LogP contribution in [0.3, 0.4) is 0 Å². The molecule has 2 aromatic carbocycles. The Morgan fingerprint density at radius 3 is 2.83 bits per heavy atom. The van der Waals surface area contributed by atoms with Gasteiger partial charge in [-0.15, -0.1) is 12.4 Å². The number of carbonyl (C=O) groups is 1. The predicted molar refractivity (Wildman–Crippen MR) is 119 cm³/mol. The number of amides is 1. The summed E-state index contributed by atoms with van der Waals surface area (Å²) in [5.74, 6) is -0.139. The Hall–Kier alpha value is -1.99. The molecule has 30 heavy (non-hydrogen) atoms. The fourth-order valence-electron chi connectivity index (χ4n) is 4.43. The summed E-state index contributed by atoms with van der Waals surface area (Å²) in [5.41, 5.74) is 2.13. The number of hydrogen-bond donors (Lipinski definition) is 3. The highest BCUT2D eigenvalue weighted by molar-refractivity contribution is 6.04. The van der Waals surface area contributed by atoms with E-state index in [-0.39, 0.29) is 18.3 Å². The van der Waals surface area contributed by atoms with E-state index in [0.29, 0.717) is 29.3 Å². The third-order valence-electron chi connectivity index (χ3n) is 5.88. The van der Waals surface area contributed by atoms with Crippen molar-refractivity contribution in [1.29, 1.82) is 0 Å². The Kier molecular flexibility index (Phi) is 8.22. The lowest BCUT2D eigenvalue weighted by molar-refractivity contribution is 0.0524. The van der Waals surface area contributed by atoms with E-state index in [9.17, 15) is 9.18 Å². The van der Waals surface area contributed by atoms with Gasteiger partial charge in [0.1, 0.15) is 5.82 Å². The van der Waals surface area contributed by atoms with Crippen molar-refractivity contribution in [2.45, 2.75) is 37.9 Å². The van der Waals surface area contributed by atoms with Gasteiger partial charge in [-0.2, -0.15) is 0 Å². The molecule has 3 unspecified atom stereocenters. The average Bonchev–Trinajstić information content (AvgIpc) is 3.22. The van der Waals surface area contributed by atoms with Crippen LogP contribution in [0.4, 0.5) is 10.1 Å². The number of ether oxygens (including phenoxy) is 1. The summed E-state index contributed by atoms with van der Waals surface area (Å²) in [6.45, 7) is 3.28. The van der Waals surface area contributed by atoms with Gasteiger partial charge >= 0.3 is 0 Å². The zero-order chi connectivity index (χ0) is 20.1. The van der Waals surface area contributed by atoms with Crippen LogP contribution in [0.5, 0.6) is 0 Å². The molecule has 1 heterocycles. The van der Waals surface area contributed by atoms with Crippen molar-refractivity contribution in [3.05, 3.63) is 65.5 Å². The molecule has 1 saturated carbocycles. The second kappa shape index (κ2) is 10.9. The van der Waals surface area contributed by atoms with Gasteiger partial charge in [0.2, 0.25) is 0 Å². The Balaban J connectivity index is 0.00000256. The monoisotopic (exact) mass is 433 g/mol. The lowest BCUT2D eigenvalue weighted by Crippen LogP contribution is -2.50. The first-order chi connectivity index (χ1) is 14.2. The summed E-state index contributed by atoms with van der Waals surface area (Å²) >= 11 is 0. The van der Waals surface area contributed by atoms with Gasteiger partial charge in [-0.25, -0.2) is 4.39 Å². The Labute approximate surface area is 183 Å². The molecule has 7 heteroatoms. The van der Waals surface area contributed by atoms with Crippen molar-refractivity contribution in [2.75, 3.05) is 25.1 Å². The average molecular weight is 434 g/mol. The molecule has 2 aliphatic rings. The van der Waals surface area contributed by atoms with Crippen LogP contribution in [0.15, 0.2) is 48.5 Å². The third kappa shape index (κ3) is 5.79. The molecule has 0 aromatic heterocycles. The minimum Gasteiger partial charge on any atom is -0.379 e. The van der Waals surface area contributed by atoms with E-state index in [1.165, 1.54) is 37.5 Å². The number of halogens is 2. The van der Waals surface area contributed by atoms with Crippen LogP contribution in [0.2, 0.25) is 0 Å². The maximum atomic E-state index is 13.3. The summed E-state index contributed by atoms with van der Waals surface area (Å²) in [6.07, 6.45) is 3.64. The molecular formula is C23H29ClFN3O2. The number of rotatable bonds is 6. The quantitative estimate of drug-likeness (QED) is 0.649. The third-order valence-corrected chi connectivity index (χ3v) is 5.88. The molecule has 5 nitrogen and oxygen atoms in total. The first-order valence-corrected chi connectivity index (χ1v) is 10.4. The number of hydrogen-bond acceptors (Lipinski definition) is 4. The highest BCUT2D eigenvalue weighted by Crippen LogP contribution is 2.29. The van der Waals surface area contributed by atoms with E-state index in [1.54, 1.807) is 6.07 Å². The molecule has 1 aliphatic carbocycles. The smallest absolute Gasteiger partial charge is 0.255 e. The molecule has 3 atom stereocenters. The number of nitrogens with one attached hydrogen (secondary N) is 3. The van der Waals surface area contributed by atoms with E-state index < -0.39 is 5.82 Å². The molecule has 0 bridgehead atoms. The minimum absolute atomic E-state index is 0. The first kappa shape index (κ1) is 22.7. The van der Waals surface area contributed by atoms with Crippen molar-refractivity contribution < 1.29 is 13.9 Å². The van der Waals surface area contributed by atoms with Crippen molar-refractivity contribution in [2.24, 2.45) is 5.92 Å². The molecule has 162 valence electrons. The molecule has 2 fully saturated rings. The number of anilines is 1. The standard InChI is InChI=1S/C23H28FN3O2.ClH/c24-18-6-2-5-17(13-18)23(28)27-19-7-1-4-16(12-19)14-26-21-9-3-8-20(21)22-15-29-11-10-25-22;/h1-2,4-7,12-13,20-22,25-26H,3,8-11,14-15H2,(H,27,28);1H. The lowest BCUT2D eigenvalue weighted by atomic mass is 9.94. The second-order valence-electron chi connectivity index (χ2n) is 7.88. The van der Waals surface area contributed by atoms with Crippen LogP contribution in [-0.2, 0) is 11.3 Å². The van der Waals surface area contributed by atoms with Crippen molar-refractivity contribution in [3.8, 4) is 0 Å².